The third-order valence-corrected chi connectivity index (χ3v) is 4.01. The minimum absolute atomic E-state index is 0.558. The fourth-order valence-corrected chi connectivity index (χ4v) is 2.96. The molecule has 0 aliphatic carbocycles. The number of aryl methyl sites for hydroxylation is 2. The molecule has 118 valence electrons. The molecular weight excluding hydrogens is 278 g/mol. The lowest BCUT2D eigenvalue weighted by Gasteiger charge is -2.31. The average molecular weight is 301 g/mol. The van der Waals surface area contributed by atoms with E-state index >= 15 is 0 Å². The summed E-state index contributed by atoms with van der Waals surface area (Å²) in [6.45, 7) is 7.56. The second-order valence-corrected chi connectivity index (χ2v) is 6.10. The minimum atomic E-state index is 0.558. The van der Waals surface area contributed by atoms with Crippen LogP contribution < -0.4 is 4.74 Å². The summed E-state index contributed by atoms with van der Waals surface area (Å²) >= 11 is 0. The van der Waals surface area contributed by atoms with Crippen LogP contribution in [0.4, 0.5) is 0 Å². The second-order valence-electron chi connectivity index (χ2n) is 6.10. The Morgan fingerprint density at radius 1 is 1.36 bits per heavy atom. The van der Waals surface area contributed by atoms with Crippen LogP contribution >= 0.6 is 0 Å². The van der Waals surface area contributed by atoms with Gasteiger partial charge in [0.25, 0.3) is 0 Å². The molecule has 1 atom stereocenters. The molecule has 5 heteroatoms. The Morgan fingerprint density at radius 3 is 3.05 bits per heavy atom. The molecule has 1 aliphatic rings. The van der Waals surface area contributed by atoms with Crippen LogP contribution in [-0.2, 0) is 6.54 Å². The van der Waals surface area contributed by atoms with Gasteiger partial charge in [-0.2, -0.15) is 4.98 Å². The summed E-state index contributed by atoms with van der Waals surface area (Å²) < 4.78 is 11.0. The number of rotatable bonds is 5. The van der Waals surface area contributed by atoms with Gasteiger partial charge in [0.05, 0.1) is 13.2 Å². The van der Waals surface area contributed by atoms with Crippen molar-refractivity contribution in [1.82, 2.24) is 15.0 Å². The van der Waals surface area contributed by atoms with E-state index in [9.17, 15) is 0 Å². The summed E-state index contributed by atoms with van der Waals surface area (Å²) in [6, 6.07) is 8.23. The summed E-state index contributed by atoms with van der Waals surface area (Å²) in [5, 5.41) is 3.98. The van der Waals surface area contributed by atoms with Gasteiger partial charge >= 0.3 is 0 Å². The zero-order valence-electron chi connectivity index (χ0n) is 13.3. The quantitative estimate of drug-likeness (QED) is 0.850. The van der Waals surface area contributed by atoms with Gasteiger partial charge in [-0.15, -0.1) is 0 Å². The molecular formula is C17H23N3O2. The smallest absolute Gasteiger partial charge is 0.223 e. The van der Waals surface area contributed by atoms with Crippen molar-refractivity contribution in [1.29, 1.82) is 0 Å². The summed E-state index contributed by atoms with van der Waals surface area (Å²) in [7, 11) is 0. The number of piperidine rings is 1. The van der Waals surface area contributed by atoms with Crippen LogP contribution in [0.2, 0.25) is 0 Å². The van der Waals surface area contributed by atoms with Crippen LogP contribution in [0.5, 0.6) is 5.75 Å². The number of benzene rings is 1. The number of hydrogen-bond acceptors (Lipinski definition) is 5. The Balaban J connectivity index is 1.50. The summed E-state index contributed by atoms with van der Waals surface area (Å²) in [5.74, 6) is 2.93. The van der Waals surface area contributed by atoms with Gasteiger partial charge in [0.1, 0.15) is 5.75 Å². The van der Waals surface area contributed by atoms with E-state index in [0.717, 1.165) is 37.8 Å². The molecule has 0 bridgehead atoms. The van der Waals surface area contributed by atoms with Crippen LogP contribution in [0.15, 0.2) is 28.8 Å². The maximum absolute atomic E-state index is 5.95. The monoisotopic (exact) mass is 301 g/mol. The fourth-order valence-electron chi connectivity index (χ4n) is 2.96. The van der Waals surface area contributed by atoms with Crippen molar-refractivity contribution < 1.29 is 9.26 Å². The first-order chi connectivity index (χ1) is 10.7. The summed E-state index contributed by atoms with van der Waals surface area (Å²) in [5.41, 5.74) is 1.23. The van der Waals surface area contributed by atoms with Crippen LogP contribution in [0.1, 0.15) is 30.1 Å². The second kappa shape index (κ2) is 6.92. The molecule has 2 heterocycles. The van der Waals surface area contributed by atoms with Crippen molar-refractivity contribution in [3.63, 3.8) is 0 Å². The summed E-state index contributed by atoms with van der Waals surface area (Å²) in [4.78, 5) is 6.67. The number of nitrogens with zero attached hydrogens (tertiary/aromatic N) is 3. The molecule has 1 aromatic heterocycles. The van der Waals surface area contributed by atoms with Gasteiger partial charge in [-0.1, -0.05) is 17.3 Å². The number of hydrogen-bond donors (Lipinski definition) is 0. The highest BCUT2D eigenvalue weighted by molar-refractivity contribution is 5.27. The number of aromatic nitrogens is 2. The van der Waals surface area contributed by atoms with E-state index in [2.05, 4.69) is 34.1 Å². The SMILES string of the molecule is Cc1cccc(OC[C@H]2CCCN(Cc3noc(C)n3)C2)c1. The topological polar surface area (TPSA) is 51.4 Å². The van der Waals surface area contributed by atoms with Gasteiger partial charge in [0, 0.05) is 19.4 Å². The molecule has 0 spiro atoms. The lowest BCUT2D eigenvalue weighted by Crippen LogP contribution is -2.37. The maximum Gasteiger partial charge on any atom is 0.223 e. The molecule has 0 amide bonds. The third-order valence-electron chi connectivity index (χ3n) is 4.01. The molecule has 5 nitrogen and oxygen atoms in total. The summed E-state index contributed by atoms with van der Waals surface area (Å²) in [6.07, 6.45) is 2.41. The molecule has 0 unspecified atom stereocenters. The normalized spacial score (nSPS) is 19.3. The zero-order valence-corrected chi connectivity index (χ0v) is 13.3. The van der Waals surface area contributed by atoms with Gasteiger partial charge in [0.2, 0.25) is 5.89 Å². The first kappa shape index (κ1) is 15.0. The highest BCUT2D eigenvalue weighted by Crippen LogP contribution is 2.20. The van der Waals surface area contributed by atoms with E-state index < -0.39 is 0 Å². The number of likely N-dealkylation sites (tertiary alicyclic amines) is 1. The predicted octanol–water partition coefficient (Wildman–Crippen LogP) is 2.98. The Morgan fingerprint density at radius 2 is 2.27 bits per heavy atom. The molecule has 1 saturated heterocycles. The van der Waals surface area contributed by atoms with E-state index in [1.165, 1.54) is 18.4 Å². The zero-order chi connectivity index (χ0) is 15.4. The van der Waals surface area contributed by atoms with Crippen LogP contribution in [0.25, 0.3) is 0 Å². The van der Waals surface area contributed by atoms with Gasteiger partial charge in [-0.25, -0.2) is 0 Å². The minimum Gasteiger partial charge on any atom is -0.493 e. The standard InChI is InChI=1S/C17H23N3O2/c1-13-5-3-7-16(9-13)21-12-15-6-4-8-20(10-15)11-17-18-14(2)22-19-17/h3,5,7,9,15H,4,6,8,10-12H2,1-2H3/t15-/m0/s1. The molecule has 1 aliphatic heterocycles. The molecule has 0 N–H and O–H groups in total. The molecule has 22 heavy (non-hydrogen) atoms. The van der Waals surface area contributed by atoms with E-state index in [1.807, 2.05) is 19.1 Å². The first-order valence-corrected chi connectivity index (χ1v) is 7.90. The molecule has 0 radical (unpaired) electrons. The Hall–Kier alpha value is -1.88. The van der Waals surface area contributed by atoms with Crippen molar-refractivity contribution in [3.05, 3.63) is 41.5 Å². The van der Waals surface area contributed by atoms with Crippen molar-refractivity contribution in [2.75, 3.05) is 19.7 Å². The van der Waals surface area contributed by atoms with Gasteiger partial charge < -0.3 is 9.26 Å². The van der Waals surface area contributed by atoms with Crippen LogP contribution in [0, 0.1) is 19.8 Å². The lowest BCUT2D eigenvalue weighted by atomic mass is 9.99. The van der Waals surface area contributed by atoms with Gasteiger partial charge in [-0.3, -0.25) is 4.90 Å². The van der Waals surface area contributed by atoms with Gasteiger partial charge in [-0.05, 0) is 44.0 Å². The van der Waals surface area contributed by atoms with Crippen molar-refractivity contribution in [2.45, 2.75) is 33.2 Å². The van der Waals surface area contributed by atoms with Crippen molar-refractivity contribution in [3.8, 4) is 5.75 Å². The first-order valence-electron chi connectivity index (χ1n) is 7.90. The van der Waals surface area contributed by atoms with E-state index in [-0.39, 0.29) is 0 Å². The van der Waals surface area contributed by atoms with Crippen molar-refractivity contribution >= 4 is 0 Å². The third kappa shape index (κ3) is 4.07. The molecule has 3 rings (SSSR count). The lowest BCUT2D eigenvalue weighted by molar-refractivity contribution is 0.122. The van der Waals surface area contributed by atoms with E-state index in [0.29, 0.717) is 11.8 Å². The largest absolute Gasteiger partial charge is 0.493 e. The van der Waals surface area contributed by atoms with Gasteiger partial charge in [0.15, 0.2) is 5.82 Å². The fraction of sp³-hybridized carbons (Fsp3) is 0.529. The maximum atomic E-state index is 5.95. The highest BCUT2D eigenvalue weighted by atomic mass is 16.5. The van der Waals surface area contributed by atoms with E-state index in [4.69, 9.17) is 9.26 Å². The Labute approximate surface area is 131 Å². The molecule has 2 aromatic rings. The van der Waals surface area contributed by atoms with Crippen LogP contribution in [0.3, 0.4) is 0 Å². The number of ether oxygens (including phenoxy) is 1. The molecule has 1 aromatic carbocycles. The molecule has 0 saturated carbocycles. The average Bonchev–Trinajstić information content (AvgIpc) is 2.91. The molecule has 1 fully saturated rings. The predicted molar refractivity (Wildman–Crippen MR) is 83.7 cm³/mol. The highest BCUT2D eigenvalue weighted by Gasteiger charge is 2.21. The Kier molecular flexibility index (Phi) is 4.73. The van der Waals surface area contributed by atoms with E-state index in [1.54, 1.807) is 0 Å². The Bertz CT molecular complexity index is 611. The van der Waals surface area contributed by atoms with Crippen LogP contribution in [-0.4, -0.2) is 34.7 Å². The van der Waals surface area contributed by atoms with Crippen molar-refractivity contribution in [2.24, 2.45) is 5.92 Å².